The first kappa shape index (κ1) is 23.7. The van der Waals surface area contributed by atoms with E-state index in [2.05, 4.69) is 25.9 Å². The van der Waals surface area contributed by atoms with Crippen LogP contribution in [-0.4, -0.2) is 29.9 Å². The maximum atomic E-state index is 12.6. The van der Waals surface area contributed by atoms with Crippen LogP contribution >= 0.6 is 24.0 Å². The van der Waals surface area contributed by atoms with Crippen molar-refractivity contribution in [2.45, 2.75) is 19.6 Å². The predicted octanol–water partition coefficient (Wildman–Crippen LogP) is 3.41. The van der Waals surface area contributed by atoms with Crippen LogP contribution in [0.15, 0.2) is 53.8 Å². The maximum absolute atomic E-state index is 12.6. The number of hydrogen-bond acceptors (Lipinski definition) is 3. The molecule has 0 saturated carbocycles. The first-order valence-corrected chi connectivity index (χ1v) is 8.26. The van der Waals surface area contributed by atoms with Crippen LogP contribution in [0.3, 0.4) is 0 Å². The number of carbonyl (C=O) groups is 1. The molecule has 0 aliphatic carbocycles. The van der Waals surface area contributed by atoms with E-state index in [9.17, 15) is 18.0 Å². The van der Waals surface area contributed by atoms with Crippen molar-refractivity contribution in [1.82, 2.24) is 15.6 Å². The smallest absolute Gasteiger partial charge is 0.357 e. The Morgan fingerprint density at radius 2 is 1.86 bits per heavy atom. The lowest BCUT2D eigenvalue weighted by Gasteiger charge is -2.12. The van der Waals surface area contributed by atoms with E-state index < -0.39 is 11.7 Å². The molecule has 3 N–H and O–H groups in total. The summed E-state index contributed by atoms with van der Waals surface area (Å²) in [4.78, 5) is 20.1. The van der Waals surface area contributed by atoms with Crippen molar-refractivity contribution in [3.05, 3.63) is 59.9 Å². The maximum Gasteiger partial charge on any atom is 0.416 e. The second-order valence-corrected chi connectivity index (χ2v) is 5.53. The molecule has 6 nitrogen and oxygen atoms in total. The molecule has 0 aliphatic rings. The van der Waals surface area contributed by atoms with Crippen LogP contribution in [0.25, 0.3) is 0 Å². The summed E-state index contributed by atoms with van der Waals surface area (Å²) < 4.78 is 37.7. The van der Waals surface area contributed by atoms with Gasteiger partial charge in [-0.15, -0.1) is 24.0 Å². The third kappa shape index (κ3) is 8.11. The predicted molar refractivity (Wildman–Crippen MR) is 113 cm³/mol. The van der Waals surface area contributed by atoms with Gasteiger partial charge in [0.25, 0.3) is 0 Å². The van der Waals surface area contributed by atoms with E-state index in [-0.39, 0.29) is 43.0 Å². The van der Waals surface area contributed by atoms with Gasteiger partial charge in [-0.25, -0.2) is 4.99 Å². The van der Waals surface area contributed by atoms with Gasteiger partial charge in [0.15, 0.2) is 5.96 Å². The van der Waals surface area contributed by atoms with Gasteiger partial charge >= 0.3 is 6.18 Å². The Labute approximate surface area is 178 Å². The molecule has 0 radical (unpaired) electrons. The fourth-order valence-corrected chi connectivity index (χ4v) is 2.12. The quantitative estimate of drug-likeness (QED) is 0.318. The van der Waals surface area contributed by atoms with Gasteiger partial charge in [0.2, 0.25) is 5.91 Å². The second kappa shape index (κ2) is 11.5. The summed E-state index contributed by atoms with van der Waals surface area (Å²) in [7, 11) is 0. The number of nitrogens with one attached hydrogen (secondary N) is 3. The lowest BCUT2D eigenvalue weighted by Crippen LogP contribution is -2.41. The Balaban J connectivity index is 0.00000392. The zero-order chi connectivity index (χ0) is 19.7. The molecule has 0 spiro atoms. The average molecular weight is 507 g/mol. The van der Waals surface area contributed by atoms with Crippen molar-refractivity contribution in [1.29, 1.82) is 0 Å². The molecule has 10 heteroatoms. The number of rotatable bonds is 6. The van der Waals surface area contributed by atoms with Crippen LogP contribution in [0.4, 0.5) is 18.9 Å². The largest absolute Gasteiger partial charge is 0.416 e. The van der Waals surface area contributed by atoms with E-state index in [1.807, 2.05) is 6.92 Å². The molecule has 1 aromatic carbocycles. The average Bonchev–Trinajstić information content (AvgIpc) is 2.64. The summed E-state index contributed by atoms with van der Waals surface area (Å²) in [5, 5.41) is 8.53. The molecule has 0 atom stereocenters. The minimum absolute atomic E-state index is 0. The van der Waals surface area contributed by atoms with Crippen molar-refractivity contribution in [2.24, 2.45) is 4.99 Å². The Kier molecular flexibility index (Phi) is 9.69. The lowest BCUT2D eigenvalue weighted by atomic mass is 10.1. The van der Waals surface area contributed by atoms with Crippen molar-refractivity contribution in [2.75, 3.05) is 18.4 Å². The summed E-state index contributed by atoms with van der Waals surface area (Å²) >= 11 is 0. The number of guanidine groups is 1. The van der Waals surface area contributed by atoms with Crippen LogP contribution < -0.4 is 16.0 Å². The van der Waals surface area contributed by atoms with Crippen LogP contribution in [-0.2, 0) is 17.5 Å². The molecule has 0 bridgehead atoms. The van der Waals surface area contributed by atoms with Gasteiger partial charge in [0.05, 0.1) is 30.5 Å². The van der Waals surface area contributed by atoms with Crippen LogP contribution in [0, 0.1) is 0 Å². The molecule has 0 aliphatic heterocycles. The molecule has 1 amide bonds. The summed E-state index contributed by atoms with van der Waals surface area (Å²) in [6.45, 7) is 2.60. The van der Waals surface area contributed by atoms with E-state index >= 15 is 0 Å². The van der Waals surface area contributed by atoms with Crippen molar-refractivity contribution in [3.8, 4) is 0 Å². The SMILES string of the molecule is CCNC(=NCc1ccc(C(F)(F)F)cc1)NCC(=O)Nc1cccnc1.I. The van der Waals surface area contributed by atoms with Crippen LogP contribution in [0.1, 0.15) is 18.1 Å². The van der Waals surface area contributed by atoms with Gasteiger partial charge < -0.3 is 16.0 Å². The summed E-state index contributed by atoms with van der Waals surface area (Å²) in [6, 6.07) is 8.22. The standard InChI is InChI=1S/C18H20F3N5O.HI/c1-2-23-17(25-12-16(27)26-15-4-3-9-22-11-15)24-10-13-5-7-14(8-6-13)18(19,20)21;/h3-9,11H,2,10,12H2,1H3,(H,26,27)(H2,23,24,25);1H. The van der Waals surface area contributed by atoms with Crippen molar-refractivity contribution in [3.63, 3.8) is 0 Å². The van der Waals surface area contributed by atoms with Crippen molar-refractivity contribution < 1.29 is 18.0 Å². The Morgan fingerprint density at radius 1 is 1.14 bits per heavy atom. The number of aromatic nitrogens is 1. The molecule has 2 aromatic rings. The van der Waals surface area contributed by atoms with Gasteiger partial charge in [0, 0.05) is 12.7 Å². The van der Waals surface area contributed by atoms with Gasteiger partial charge in [-0.1, -0.05) is 12.1 Å². The molecule has 1 heterocycles. The third-order valence-corrected chi connectivity index (χ3v) is 3.41. The minimum atomic E-state index is -4.36. The Bertz CT molecular complexity index is 767. The molecule has 0 unspecified atom stereocenters. The van der Waals surface area contributed by atoms with Crippen LogP contribution in [0.5, 0.6) is 0 Å². The molecule has 152 valence electrons. The Morgan fingerprint density at radius 3 is 2.43 bits per heavy atom. The highest BCUT2D eigenvalue weighted by molar-refractivity contribution is 14.0. The van der Waals surface area contributed by atoms with E-state index in [1.54, 1.807) is 18.3 Å². The molecule has 1 aromatic heterocycles. The van der Waals surface area contributed by atoms with Gasteiger partial charge in [-0.3, -0.25) is 9.78 Å². The normalized spacial score (nSPS) is 11.4. The van der Waals surface area contributed by atoms with Crippen molar-refractivity contribution >= 4 is 41.5 Å². The first-order chi connectivity index (χ1) is 12.9. The third-order valence-electron chi connectivity index (χ3n) is 3.41. The van der Waals surface area contributed by atoms with Gasteiger partial charge in [-0.2, -0.15) is 13.2 Å². The van der Waals surface area contributed by atoms with Gasteiger partial charge in [0.1, 0.15) is 0 Å². The highest BCUT2D eigenvalue weighted by atomic mass is 127. The number of pyridine rings is 1. The minimum Gasteiger partial charge on any atom is -0.357 e. The molecular weight excluding hydrogens is 486 g/mol. The number of anilines is 1. The number of carbonyl (C=O) groups excluding carboxylic acids is 1. The number of nitrogens with zero attached hydrogens (tertiary/aromatic N) is 2. The number of alkyl halides is 3. The highest BCUT2D eigenvalue weighted by Crippen LogP contribution is 2.29. The van der Waals surface area contributed by atoms with E-state index in [1.165, 1.54) is 18.3 Å². The Hall–Kier alpha value is -2.37. The van der Waals surface area contributed by atoms with E-state index in [0.29, 0.717) is 23.8 Å². The van der Waals surface area contributed by atoms with E-state index in [0.717, 1.165) is 12.1 Å². The highest BCUT2D eigenvalue weighted by Gasteiger charge is 2.29. The molecule has 0 saturated heterocycles. The fourth-order valence-electron chi connectivity index (χ4n) is 2.12. The second-order valence-electron chi connectivity index (χ2n) is 5.53. The number of aliphatic imine (C=N–C) groups is 1. The molecule has 0 fully saturated rings. The molecule has 28 heavy (non-hydrogen) atoms. The zero-order valence-electron chi connectivity index (χ0n) is 15.1. The lowest BCUT2D eigenvalue weighted by molar-refractivity contribution is -0.137. The van der Waals surface area contributed by atoms with Crippen LogP contribution in [0.2, 0.25) is 0 Å². The molecular formula is C18H21F3IN5O. The monoisotopic (exact) mass is 507 g/mol. The number of halogens is 4. The fraction of sp³-hybridized carbons (Fsp3) is 0.278. The zero-order valence-corrected chi connectivity index (χ0v) is 17.4. The summed E-state index contributed by atoms with van der Waals surface area (Å²) in [5.41, 5.74) is 0.503. The number of hydrogen-bond donors (Lipinski definition) is 3. The van der Waals surface area contributed by atoms with E-state index in [4.69, 9.17) is 0 Å². The number of benzene rings is 1. The van der Waals surface area contributed by atoms with Gasteiger partial charge in [-0.05, 0) is 36.8 Å². The first-order valence-electron chi connectivity index (χ1n) is 8.26. The summed E-state index contributed by atoms with van der Waals surface area (Å²) in [5.74, 6) is 0.113. The summed E-state index contributed by atoms with van der Waals surface area (Å²) in [6.07, 6.45) is -1.23. The topological polar surface area (TPSA) is 78.4 Å². The number of amides is 1. The molecule has 2 rings (SSSR count).